The first-order chi connectivity index (χ1) is 11.5. The van der Waals surface area contributed by atoms with Crippen molar-refractivity contribution >= 4 is 0 Å². The minimum absolute atomic E-state index is 0.250. The van der Waals surface area contributed by atoms with Gasteiger partial charge in [0.05, 0.1) is 0 Å². The number of rotatable bonds is 3. The van der Waals surface area contributed by atoms with Crippen molar-refractivity contribution in [3.8, 4) is 6.07 Å². The largest absolute Gasteiger partial charge is 0.325 e. The van der Waals surface area contributed by atoms with Crippen LogP contribution in [0.3, 0.4) is 0 Å². The highest BCUT2D eigenvalue weighted by molar-refractivity contribution is 5.46. The summed E-state index contributed by atoms with van der Waals surface area (Å²) < 4.78 is 0. The van der Waals surface area contributed by atoms with Gasteiger partial charge in [0.2, 0.25) is 0 Å². The highest BCUT2D eigenvalue weighted by Crippen LogP contribution is 2.34. The van der Waals surface area contributed by atoms with Gasteiger partial charge in [-0.05, 0) is 68.5 Å². The van der Waals surface area contributed by atoms with Crippen molar-refractivity contribution in [2.45, 2.75) is 38.6 Å². The molecule has 0 fully saturated rings. The summed E-state index contributed by atoms with van der Waals surface area (Å²) in [5.41, 5.74) is 5.72. The second-order valence-corrected chi connectivity index (χ2v) is 6.94. The average Bonchev–Trinajstić information content (AvgIpc) is 2.55. The number of nitrogens with zero attached hydrogens (tertiary/aromatic N) is 2. The Morgan fingerprint density at radius 1 is 1.25 bits per heavy atom. The molecule has 1 N–H and O–H groups in total. The number of pyridine rings is 1. The number of benzene rings is 1. The number of hydrogen-bond donors (Lipinski definition) is 1. The van der Waals surface area contributed by atoms with Crippen molar-refractivity contribution in [1.29, 1.82) is 5.26 Å². The van der Waals surface area contributed by atoms with Gasteiger partial charge < -0.3 is 9.88 Å². The lowest BCUT2D eigenvalue weighted by molar-refractivity contribution is 0.402. The zero-order valence-corrected chi connectivity index (χ0v) is 14.5. The molecule has 1 heterocycles. The van der Waals surface area contributed by atoms with Crippen molar-refractivity contribution in [2.75, 3.05) is 14.1 Å². The summed E-state index contributed by atoms with van der Waals surface area (Å²) in [4.78, 5) is 16.9. The van der Waals surface area contributed by atoms with Crippen LogP contribution in [0.5, 0.6) is 0 Å². The van der Waals surface area contributed by atoms with E-state index in [1.807, 2.05) is 6.92 Å². The number of hydrogen-bond acceptors (Lipinski definition) is 3. The number of aryl methyl sites for hydroxylation is 1. The van der Waals surface area contributed by atoms with Gasteiger partial charge in [0.1, 0.15) is 11.6 Å². The standard InChI is InChI=1S/C20H23N3O/c1-13-18-10-16(8-9-17(18)19(11-21)20(24)22-13)15-6-4-14(5-7-15)12-23(2)3/h4-7,16H,8-10,12H2,1-3H3,(H,22,24). The quantitative estimate of drug-likeness (QED) is 0.945. The van der Waals surface area contributed by atoms with E-state index in [4.69, 9.17) is 0 Å². The summed E-state index contributed by atoms with van der Waals surface area (Å²) in [6, 6.07) is 10.9. The summed E-state index contributed by atoms with van der Waals surface area (Å²) in [5, 5.41) is 9.28. The van der Waals surface area contributed by atoms with E-state index in [1.165, 1.54) is 11.1 Å². The number of nitrogens with one attached hydrogen (secondary N) is 1. The Balaban J connectivity index is 1.88. The molecule has 2 aromatic rings. The second-order valence-electron chi connectivity index (χ2n) is 6.94. The predicted octanol–water partition coefficient (Wildman–Crippen LogP) is 2.89. The third-order valence-electron chi connectivity index (χ3n) is 4.90. The van der Waals surface area contributed by atoms with Crippen LogP contribution in [0.4, 0.5) is 0 Å². The molecule has 0 radical (unpaired) electrons. The molecule has 0 bridgehead atoms. The average molecular weight is 321 g/mol. The Labute approximate surface area is 142 Å². The lowest BCUT2D eigenvalue weighted by Gasteiger charge is -2.27. The molecular formula is C20H23N3O. The van der Waals surface area contributed by atoms with Crippen LogP contribution in [-0.2, 0) is 19.4 Å². The van der Waals surface area contributed by atoms with Gasteiger partial charge in [-0.3, -0.25) is 4.79 Å². The molecule has 1 aliphatic carbocycles. The molecule has 1 aromatic carbocycles. The van der Waals surface area contributed by atoms with Crippen molar-refractivity contribution in [3.63, 3.8) is 0 Å². The van der Waals surface area contributed by atoms with Crippen LogP contribution in [0.15, 0.2) is 29.1 Å². The van der Waals surface area contributed by atoms with Gasteiger partial charge in [-0.2, -0.15) is 5.26 Å². The van der Waals surface area contributed by atoms with Gasteiger partial charge in [0, 0.05) is 12.2 Å². The third kappa shape index (κ3) is 3.13. The second kappa shape index (κ2) is 6.62. The minimum atomic E-state index is -0.250. The SMILES string of the molecule is Cc1[nH]c(=O)c(C#N)c2c1CC(c1ccc(CN(C)C)cc1)CC2. The zero-order chi connectivity index (χ0) is 17.3. The van der Waals surface area contributed by atoms with E-state index < -0.39 is 0 Å². The molecule has 1 unspecified atom stereocenters. The summed E-state index contributed by atoms with van der Waals surface area (Å²) >= 11 is 0. The molecule has 24 heavy (non-hydrogen) atoms. The van der Waals surface area contributed by atoms with Gasteiger partial charge >= 0.3 is 0 Å². The highest BCUT2D eigenvalue weighted by Gasteiger charge is 2.25. The molecule has 1 aromatic heterocycles. The van der Waals surface area contributed by atoms with Crippen LogP contribution in [0, 0.1) is 18.3 Å². The molecular weight excluding hydrogens is 298 g/mol. The van der Waals surface area contributed by atoms with E-state index in [0.717, 1.165) is 42.6 Å². The van der Waals surface area contributed by atoms with Crippen molar-refractivity contribution in [1.82, 2.24) is 9.88 Å². The molecule has 4 nitrogen and oxygen atoms in total. The van der Waals surface area contributed by atoms with Crippen LogP contribution in [-0.4, -0.2) is 24.0 Å². The first-order valence-electron chi connectivity index (χ1n) is 8.38. The van der Waals surface area contributed by atoms with E-state index in [1.54, 1.807) is 0 Å². The normalized spacial score (nSPS) is 16.7. The summed E-state index contributed by atoms with van der Waals surface area (Å²) in [6.45, 7) is 2.88. The molecule has 4 heteroatoms. The maximum Gasteiger partial charge on any atom is 0.266 e. The van der Waals surface area contributed by atoms with Gasteiger partial charge in [-0.15, -0.1) is 0 Å². The van der Waals surface area contributed by atoms with Gasteiger partial charge in [-0.25, -0.2) is 0 Å². The number of aromatic nitrogens is 1. The lowest BCUT2D eigenvalue weighted by atomic mass is 9.78. The van der Waals surface area contributed by atoms with Gasteiger partial charge in [-0.1, -0.05) is 24.3 Å². The summed E-state index contributed by atoms with van der Waals surface area (Å²) in [7, 11) is 4.14. The molecule has 0 amide bonds. The number of H-pyrrole nitrogens is 1. The van der Waals surface area contributed by atoms with E-state index in [0.29, 0.717) is 11.5 Å². The first-order valence-corrected chi connectivity index (χ1v) is 8.38. The van der Waals surface area contributed by atoms with Gasteiger partial charge in [0.15, 0.2) is 0 Å². The molecule has 0 aliphatic heterocycles. The minimum Gasteiger partial charge on any atom is -0.325 e. The van der Waals surface area contributed by atoms with E-state index in [9.17, 15) is 10.1 Å². The Bertz CT molecular complexity index is 841. The molecule has 0 saturated heterocycles. The Morgan fingerprint density at radius 3 is 2.58 bits per heavy atom. The maximum absolute atomic E-state index is 11.9. The fourth-order valence-electron chi connectivity index (χ4n) is 3.70. The van der Waals surface area contributed by atoms with Crippen molar-refractivity contribution in [3.05, 3.63) is 68.1 Å². The van der Waals surface area contributed by atoms with E-state index >= 15 is 0 Å². The highest BCUT2D eigenvalue weighted by atomic mass is 16.1. The van der Waals surface area contributed by atoms with Crippen LogP contribution in [0.25, 0.3) is 0 Å². The van der Waals surface area contributed by atoms with Crippen LogP contribution in [0.1, 0.15) is 45.8 Å². The molecule has 0 spiro atoms. The van der Waals surface area contributed by atoms with Crippen LogP contribution in [0.2, 0.25) is 0 Å². The fourth-order valence-corrected chi connectivity index (χ4v) is 3.70. The summed E-state index contributed by atoms with van der Waals surface area (Å²) in [5.74, 6) is 0.446. The van der Waals surface area contributed by atoms with Crippen LogP contribution < -0.4 is 5.56 Å². The lowest BCUT2D eigenvalue weighted by Crippen LogP contribution is -2.23. The zero-order valence-electron chi connectivity index (χ0n) is 14.5. The van der Waals surface area contributed by atoms with Crippen molar-refractivity contribution in [2.24, 2.45) is 0 Å². The molecule has 1 atom stereocenters. The topological polar surface area (TPSA) is 59.9 Å². The monoisotopic (exact) mass is 321 g/mol. The smallest absolute Gasteiger partial charge is 0.266 e. The van der Waals surface area contributed by atoms with Gasteiger partial charge in [0.25, 0.3) is 5.56 Å². The summed E-state index contributed by atoms with van der Waals surface area (Å²) in [6.07, 6.45) is 2.67. The number of fused-ring (bicyclic) bond motifs is 1. The number of aromatic amines is 1. The Hall–Kier alpha value is -2.38. The third-order valence-corrected chi connectivity index (χ3v) is 4.90. The number of nitriles is 1. The Morgan fingerprint density at radius 2 is 1.96 bits per heavy atom. The fraction of sp³-hybridized carbons (Fsp3) is 0.400. The predicted molar refractivity (Wildman–Crippen MR) is 95.1 cm³/mol. The molecule has 124 valence electrons. The maximum atomic E-state index is 11.9. The first kappa shape index (κ1) is 16.5. The van der Waals surface area contributed by atoms with Crippen LogP contribution >= 0.6 is 0 Å². The Kier molecular flexibility index (Phi) is 4.55. The van der Waals surface area contributed by atoms with E-state index in [-0.39, 0.29) is 5.56 Å². The molecule has 3 rings (SSSR count). The molecule has 1 aliphatic rings. The van der Waals surface area contributed by atoms with Crippen molar-refractivity contribution < 1.29 is 0 Å². The van der Waals surface area contributed by atoms with E-state index in [2.05, 4.69) is 54.3 Å². The molecule has 0 saturated carbocycles.